The van der Waals surface area contributed by atoms with Crippen LogP contribution in [0.15, 0.2) is 30.5 Å². The molecule has 0 radical (unpaired) electrons. The Balaban J connectivity index is 2.23. The Morgan fingerprint density at radius 2 is 1.73 bits per heavy atom. The SMILES string of the molecule is COc1ncc(C(F)(F)F)cc1CO[C@H]1[C@H](C(C)(C)C)[C@@H](C(=O)O)N(C(=O)OC(C)C)[C@H]1c1c(F)cccc1F. The number of halogens is 5. The minimum Gasteiger partial charge on any atom is -0.481 e. The summed E-state index contributed by atoms with van der Waals surface area (Å²) >= 11 is 0. The van der Waals surface area contributed by atoms with Crippen LogP contribution in [0.25, 0.3) is 0 Å². The number of alkyl halides is 3. The number of aromatic nitrogens is 1. The number of carbonyl (C=O) groups is 2. The largest absolute Gasteiger partial charge is 0.481 e. The number of benzene rings is 1. The molecule has 1 fully saturated rings. The van der Waals surface area contributed by atoms with Crippen LogP contribution in [0.1, 0.15) is 57.4 Å². The molecule has 40 heavy (non-hydrogen) atoms. The van der Waals surface area contributed by atoms with Gasteiger partial charge in [-0.05, 0) is 37.5 Å². The van der Waals surface area contributed by atoms with Crippen molar-refractivity contribution in [1.29, 1.82) is 0 Å². The van der Waals surface area contributed by atoms with Gasteiger partial charge >= 0.3 is 18.2 Å². The topological polar surface area (TPSA) is 98.2 Å². The van der Waals surface area contributed by atoms with Gasteiger partial charge in [-0.1, -0.05) is 26.8 Å². The first kappa shape index (κ1) is 31.1. The van der Waals surface area contributed by atoms with Crippen LogP contribution < -0.4 is 4.74 Å². The molecule has 0 unspecified atom stereocenters. The fraction of sp³-hybridized carbons (Fsp3) is 0.519. The van der Waals surface area contributed by atoms with E-state index in [9.17, 15) is 27.9 Å². The number of ether oxygens (including phenoxy) is 3. The zero-order valence-electron chi connectivity index (χ0n) is 22.8. The molecule has 0 saturated carbocycles. The summed E-state index contributed by atoms with van der Waals surface area (Å²) in [4.78, 5) is 30.4. The van der Waals surface area contributed by atoms with Gasteiger partial charge in [-0.2, -0.15) is 13.2 Å². The summed E-state index contributed by atoms with van der Waals surface area (Å²) in [5, 5.41) is 10.3. The number of carboxylic acid groups (broad SMARTS) is 1. The van der Waals surface area contributed by atoms with Crippen molar-refractivity contribution >= 4 is 12.1 Å². The monoisotopic (exact) mass is 574 g/mol. The van der Waals surface area contributed by atoms with Gasteiger partial charge < -0.3 is 19.3 Å². The number of rotatable bonds is 7. The van der Waals surface area contributed by atoms with E-state index in [0.29, 0.717) is 6.20 Å². The number of hydrogen-bond acceptors (Lipinski definition) is 6. The highest BCUT2D eigenvalue weighted by Crippen LogP contribution is 2.51. The molecule has 0 spiro atoms. The molecule has 3 rings (SSSR count). The van der Waals surface area contributed by atoms with Crippen molar-refractivity contribution in [3.8, 4) is 5.88 Å². The molecular formula is C27H31F5N2O6. The Bertz CT molecular complexity index is 1230. The van der Waals surface area contributed by atoms with E-state index in [2.05, 4.69) is 4.98 Å². The van der Waals surface area contributed by atoms with E-state index < -0.39 is 83.2 Å². The Morgan fingerprint density at radius 1 is 1.12 bits per heavy atom. The number of carboxylic acids is 1. The Hall–Kier alpha value is -3.48. The molecule has 8 nitrogen and oxygen atoms in total. The molecule has 2 heterocycles. The van der Waals surface area contributed by atoms with Crippen LogP contribution >= 0.6 is 0 Å². The van der Waals surface area contributed by atoms with E-state index in [1.165, 1.54) is 21.0 Å². The lowest BCUT2D eigenvalue weighted by Crippen LogP contribution is -2.47. The highest BCUT2D eigenvalue weighted by molar-refractivity contribution is 5.82. The second-order valence-electron chi connectivity index (χ2n) is 10.8. The second kappa shape index (κ2) is 11.6. The van der Waals surface area contributed by atoms with Gasteiger partial charge in [-0.3, -0.25) is 4.90 Å². The summed E-state index contributed by atoms with van der Waals surface area (Å²) in [5.41, 5.74) is -2.82. The van der Waals surface area contributed by atoms with Gasteiger partial charge in [0.25, 0.3) is 0 Å². The van der Waals surface area contributed by atoms with Crippen LogP contribution in [0, 0.1) is 23.0 Å². The van der Waals surface area contributed by atoms with Crippen LogP contribution in [-0.4, -0.2) is 52.4 Å². The number of likely N-dealkylation sites (tertiary alicyclic amines) is 1. The first-order valence-electron chi connectivity index (χ1n) is 12.4. The van der Waals surface area contributed by atoms with Crippen LogP contribution in [0.4, 0.5) is 26.7 Å². The van der Waals surface area contributed by atoms with Crippen LogP contribution in [0.3, 0.4) is 0 Å². The minimum atomic E-state index is -4.74. The molecule has 0 aliphatic carbocycles. The lowest BCUT2D eigenvalue weighted by Gasteiger charge is -2.34. The van der Waals surface area contributed by atoms with Gasteiger partial charge in [0, 0.05) is 23.2 Å². The smallest absolute Gasteiger partial charge is 0.417 e. The van der Waals surface area contributed by atoms with E-state index in [1.54, 1.807) is 20.8 Å². The minimum absolute atomic E-state index is 0.146. The first-order chi connectivity index (χ1) is 18.5. The molecule has 0 bridgehead atoms. The summed E-state index contributed by atoms with van der Waals surface area (Å²) in [6.07, 6.45) is -7.42. The van der Waals surface area contributed by atoms with Gasteiger partial charge in [0.05, 0.1) is 37.5 Å². The van der Waals surface area contributed by atoms with Gasteiger partial charge in [-0.15, -0.1) is 0 Å². The molecule has 1 aromatic carbocycles. The van der Waals surface area contributed by atoms with Crippen LogP contribution in [0.5, 0.6) is 5.88 Å². The van der Waals surface area contributed by atoms with E-state index in [0.717, 1.165) is 29.2 Å². The van der Waals surface area contributed by atoms with E-state index in [1.807, 2.05) is 0 Å². The summed E-state index contributed by atoms with van der Waals surface area (Å²) in [6, 6.07) is 0.433. The number of pyridine rings is 1. The molecule has 4 atom stereocenters. The van der Waals surface area contributed by atoms with Crippen molar-refractivity contribution in [3.63, 3.8) is 0 Å². The molecule has 1 N–H and O–H groups in total. The molecule has 220 valence electrons. The Kier molecular flexibility index (Phi) is 8.97. The maximum atomic E-state index is 15.2. The predicted octanol–water partition coefficient (Wildman–Crippen LogP) is 5.99. The standard InChI is InChI=1S/C27H31F5N2O6/c1-13(2)40-25(37)34-20(18-16(28)8-7-9-17(18)29)22(19(26(3,4)5)21(34)24(35)36)39-12-14-10-15(27(30,31)32)11-33-23(14)38-6/h7-11,13,19-22H,12H2,1-6H3,(H,35,36)/t19-,20+,21+,22+/m1/s1. The number of nitrogens with zero attached hydrogens (tertiary/aromatic N) is 2. The fourth-order valence-electron chi connectivity index (χ4n) is 5.03. The van der Waals surface area contributed by atoms with Crippen molar-refractivity contribution in [3.05, 3.63) is 58.8 Å². The molecule has 1 saturated heterocycles. The normalized spacial score (nSPS) is 21.6. The van der Waals surface area contributed by atoms with Crippen molar-refractivity contribution in [2.45, 2.75) is 71.7 Å². The van der Waals surface area contributed by atoms with Crippen molar-refractivity contribution in [1.82, 2.24) is 9.88 Å². The average molecular weight is 575 g/mol. The van der Waals surface area contributed by atoms with Crippen molar-refractivity contribution in [2.24, 2.45) is 11.3 Å². The summed E-state index contributed by atoms with van der Waals surface area (Å²) < 4.78 is 87.0. The third-order valence-electron chi connectivity index (χ3n) is 6.58. The maximum absolute atomic E-state index is 15.2. The number of methoxy groups -OCH3 is 1. The van der Waals surface area contributed by atoms with E-state index in [4.69, 9.17) is 14.2 Å². The molecule has 1 aliphatic rings. The lowest BCUT2D eigenvalue weighted by atomic mass is 9.73. The quantitative estimate of drug-likeness (QED) is 0.406. The van der Waals surface area contributed by atoms with E-state index in [-0.39, 0.29) is 11.4 Å². The summed E-state index contributed by atoms with van der Waals surface area (Å²) in [7, 11) is 1.19. The molecule has 1 aliphatic heterocycles. The highest BCUT2D eigenvalue weighted by atomic mass is 19.4. The Morgan fingerprint density at radius 3 is 2.20 bits per heavy atom. The lowest BCUT2D eigenvalue weighted by molar-refractivity contribution is -0.145. The second-order valence-corrected chi connectivity index (χ2v) is 10.8. The van der Waals surface area contributed by atoms with Crippen molar-refractivity contribution < 1.29 is 50.9 Å². The third-order valence-corrected chi connectivity index (χ3v) is 6.58. The number of carbonyl (C=O) groups excluding carboxylic acids is 1. The maximum Gasteiger partial charge on any atom is 0.417 e. The highest BCUT2D eigenvalue weighted by Gasteiger charge is 2.60. The van der Waals surface area contributed by atoms with Gasteiger partial charge in [0.2, 0.25) is 5.88 Å². The van der Waals surface area contributed by atoms with E-state index >= 15 is 8.78 Å². The van der Waals surface area contributed by atoms with Gasteiger partial charge in [0.15, 0.2) is 0 Å². The molecule has 13 heteroatoms. The molecule has 2 aromatic rings. The van der Waals surface area contributed by atoms with Crippen LogP contribution in [0.2, 0.25) is 0 Å². The molecule has 1 aromatic heterocycles. The zero-order valence-corrected chi connectivity index (χ0v) is 22.8. The fourth-order valence-corrected chi connectivity index (χ4v) is 5.03. The first-order valence-corrected chi connectivity index (χ1v) is 12.4. The number of aliphatic carboxylic acids is 1. The summed E-state index contributed by atoms with van der Waals surface area (Å²) in [5.74, 6) is -4.92. The predicted molar refractivity (Wildman–Crippen MR) is 131 cm³/mol. The van der Waals surface area contributed by atoms with Crippen molar-refractivity contribution in [2.75, 3.05) is 7.11 Å². The number of hydrogen-bond donors (Lipinski definition) is 1. The molecule has 1 amide bonds. The van der Waals surface area contributed by atoms with Crippen LogP contribution in [-0.2, 0) is 27.1 Å². The third kappa shape index (κ3) is 6.29. The number of amides is 1. The molecular weight excluding hydrogens is 543 g/mol. The zero-order chi connectivity index (χ0) is 30.2. The van der Waals surface area contributed by atoms with Gasteiger partial charge in [0.1, 0.15) is 17.7 Å². The average Bonchev–Trinajstić information content (AvgIpc) is 3.17. The Labute approximate surface area is 228 Å². The van der Waals surface area contributed by atoms with Gasteiger partial charge in [-0.25, -0.2) is 23.4 Å². The summed E-state index contributed by atoms with van der Waals surface area (Å²) in [6.45, 7) is 7.39.